The summed E-state index contributed by atoms with van der Waals surface area (Å²) in [5.41, 5.74) is 0.174. The average Bonchev–Trinajstić information content (AvgIpc) is 3.62. The summed E-state index contributed by atoms with van der Waals surface area (Å²) in [5.74, 6) is 1.76. The van der Waals surface area contributed by atoms with Gasteiger partial charge in [0.05, 0.1) is 18.3 Å². The van der Waals surface area contributed by atoms with Crippen LogP contribution in [0.3, 0.4) is 0 Å². The standard InChI is InChI=1S/C40H65N3O6/c1-24(2)31(49-35(46)43-19-9-20-43)26-22-25(3)30-32(47-26)33(44)38(7)28-11-10-27-36(4,5)29(48-34(45)41-16-21-42-17-8-18-42)12-13-39(27)23-40(28,39)15-14-37(30,38)6/h24-33,44H,8-23H2,1-7H3,(H,41,45)/t25-,26?,27+,28?,29+,30+,31-,32?,33+,37-,38-,39-,40?/m1/s1. The summed E-state index contributed by atoms with van der Waals surface area (Å²) in [6.07, 6.45) is 9.21. The quantitative estimate of drug-likeness (QED) is 0.318. The van der Waals surface area contributed by atoms with Gasteiger partial charge in [-0.1, -0.05) is 48.5 Å². The van der Waals surface area contributed by atoms with E-state index in [1.54, 1.807) is 4.90 Å². The molecule has 5 saturated carbocycles. The van der Waals surface area contributed by atoms with Gasteiger partial charge in [0.25, 0.3) is 0 Å². The number of fused-ring (bicyclic) bond motifs is 4. The molecule has 8 aliphatic rings. The van der Waals surface area contributed by atoms with Crippen LogP contribution in [0.4, 0.5) is 9.59 Å². The highest BCUT2D eigenvalue weighted by atomic mass is 16.6. The molecule has 5 aliphatic carbocycles. The highest BCUT2D eigenvalue weighted by molar-refractivity contribution is 5.68. The summed E-state index contributed by atoms with van der Waals surface area (Å²) in [6, 6.07) is 0. The number of rotatable bonds is 7. The van der Waals surface area contributed by atoms with E-state index < -0.39 is 6.10 Å². The number of carbonyl (C=O) groups is 2. The maximum Gasteiger partial charge on any atom is 0.410 e. The smallest absolute Gasteiger partial charge is 0.410 e. The molecular weight excluding hydrogens is 618 g/mol. The van der Waals surface area contributed by atoms with E-state index in [1.807, 2.05) is 0 Å². The normalized spacial score (nSPS) is 48.4. The van der Waals surface area contributed by atoms with Gasteiger partial charge < -0.3 is 34.4 Å². The Labute approximate surface area is 294 Å². The van der Waals surface area contributed by atoms with Crippen LogP contribution in [0.25, 0.3) is 0 Å². The van der Waals surface area contributed by atoms with Crippen LogP contribution in [0.1, 0.15) is 113 Å². The molecule has 3 aliphatic heterocycles. The Bertz CT molecular complexity index is 1320. The Morgan fingerprint density at radius 2 is 1.65 bits per heavy atom. The fourth-order valence-corrected chi connectivity index (χ4v) is 14.2. The van der Waals surface area contributed by atoms with Gasteiger partial charge in [-0.3, -0.25) is 0 Å². The molecule has 276 valence electrons. The summed E-state index contributed by atoms with van der Waals surface area (Å²) in [7, 11) is 0. The maximum atomic E-state index is 12.9. The van der Waals surface area contributed by atoms with E-state index >= 15 is 0 Å². The molecule has 4 unspecified atom stereocenters. The SMILES string of the molecule is CC(C)[C@@H](OC(=O)N1CCC1)C1C[C@@H](C)[C@H]2C(O1)[C@H](O)[C@@]1(C)C3CC[C@H]4C(C)(C)[C@@H](OC(=O)NCCN5CCC5)CC[C@@]45CC35CC[C@]21C. The van der Waals surface area contributed by atoms with Crippen LogP contribution < -0.4 is 5.32 Å². The van der Waals surface area contributed by atoms with Crippen LogP contribution >= 0.6 is 0 Å². The van der Waals surface area contributed by atoms with Gasteiger partial charge in [0.2, 0.25) is 0 Å². The number of nitrogens with zero attached hydrogens (tertiary/aromatic N) is 2. The molecule has 8 fully saturated rings. The highest BCUT2D eigenvalue weighted by Gasteiger charge is 2.84. The first kappa shape index (κ1) is 34.5. The molecule has 0 aromatic heterocycles. The molecule has 49 heavy (non-hydrogen) atoms. The second-order valence-electron chi connectivity index (χ2n) is 19.5. The first-order chi connectivity index (χ1) is 23.2. The molecule has 9 heteroatoms. The first-order valence-electron chi connectivity index (χ1n) is 20.2. The molecule has 8 rings (SSSR count). The Hall–Kier alpha value is -1.58. The number of aliphatic hydroxyl groups is 1. The summed E-state index contributed by atoms with van der Waals surface area (Å²) >= 11 is 0. The number of carbonyl (C=O) groups excluding carboxylic acids is 2. The molecule has 0 bridgehead atoms. The molecular formula is C40H65N3O6. The Kier molecular flexibility index (Phi) is 8.25. The van der Waals surface area contributed by atoms with Gasteiger partial charge in [0.1, 0.15) is 12.2 Å². The molecule has 3 saturated heterocycles. The number of alkyl carbamates (subject to hydrolysis) is 1. The lowest BCUT2D eigenvalue weighted by atomic mass is 9.41. The minimum Gasteiger partial charge on any atom is -0.446 e. The summed E-state index contributed by atoms with van der Waals surface area (Å²) in [5, 5.41) is 15.7. The van der Waals surface area contributed by atoms with Gasteiger partial charge >= 0.3 is 12.2 Å². The van der Waals surface area contributed by atoms with Gasteiger partial charge in [0, 0.05) is 37.0 Å². The Morgan fingerprint density at radius 3 is 2.31 bits per heavy atom. The monoisotopic (exact) mass is 683 g/mol. The number of nitrogens with one attached hydrogen (secondary N) is 1. The van der Waals surface area contributed by atoms with Gasteiger partial charge in [-0.2, -0.15) is 0 Å². The zero-order valence-electron chi connectivity index (χ0n) is 31.5. The molecule has 2 N–H and O–H groups in total. The van der Waals surface area contributed by atoms with Crippen LogP contribution in [0.2, 0.25) is 0 Å². The lowest BCUT2D eigenvalue weighted by Crippen LogP contribution is -2.60. The maximum absolute atomic E-state index is 12.9. The van der Waals surface area contributed by atoms with Crippen molar-refractivity contribution >= 4 is 12.2 Å². The van der Waals surface area contributed by atoms with Gasteiger partial charge in [0.15, 0.2) is 0 Å². The van der Waals surface area contributed by atoms with Crippen molar-refractivity contribution in [1.29, 1.82) is 0 Å². The van der Waals surface area contributed by atoms with Crippen LogP contribution in [0.15, 0.2) is 0 Å². The highest BCUT2D eigenvalue weighted by Crippen LogP contribution is 2.89. The Balaban J connectivity index is 0.992. The topological polar surface area (TPSA) is 101 Å². The zero-order valence-corrected chi connectivity index (χ0v) is 31.5. The number of aliphatic hydroxyl groups excluding tert-OH is 1. The van der Waals surface area contributed by atoms with Crippen LogP contribution in [0.5, 0.6) is 0 Å². The summed E-state index contributed by atoms with van der Waals surface area (Å²) in [4.78, 5) is 30.0. The number of amides is 2. The summed E-state index contributed by atoms with van der Waals surface area (Å²) < 4.78 is 19.4. The lowest BCUT2D eigenvalue weighted by molar-refractivity contribution is -0.185. The molecule has 13 atom stereocenters. The molecule has 0 aromatic carbocycles. The van der Waals surface area contributed by atoms with Crippen molar-refractivity contribution in [2.45, 2.75) is 143 Å². The van der Waals surface area contributed by atoms with Crippen molar-refractivity contribution in [3.8, 4) is 0 Å². The van der Waals surface area contributed by atoms with E-state index in [1.165, 1.54) is 19.3 Å². The number of likely N-dealkylation sites (tertiary alicyclic amines) is 2. The van der Waals surface area contributed by atoms with Crippen molar-refractivity contribution in [3.63, 3.8) is 0 Å². The van der Waals surface area contributed by atoms with E-state index in [-0.39, 0.29) is 75.5 Å². The minimum atomic E-state index is -0.546. The molecule has 9 nitrogen and oxygen atoms in total. The lowest BCUT2D eigenvalue weighted by Gasteiger charge is -2.63. The number of hydrogen-bond donors (Lipinski definition) is 2. The van der Waals surface area contributed by atoms with Gasteiger partial charge in [-0.25, -0.2) is 9.59 Å². The largest absolute Gasteiger partial charge is 0.446 e. The molecule has 2 amide bonds. The van der Waals surface area contributed by atoms with Crippen molar-refractivity contribution < 1.29 is 28.9 Å². The Morgan fingerprint density at radius 1 is 0.959 bits per heavy atom. The fraction of sp³-hybridized carbons (Fsp3) is 0.950. The van der Waals surface area contributed by atoms with Crippen molar-refractivity contribution in [1.82, 2.24) is 15.1 Å². The molecule has 2 spiro atoms. The van der Waals surface area contributed by atoms with Crippen LogP contribution in [0, 0.1) is 56.7 Å². The molecule has 3 heterocycles. The van der Waals surface area contributed by atoms with Crippen molar-refractivity contribution in [2.24, 2.45) is 56.7 Å². The predicted molar refractivity (Wildman–Crippen MR) is 187 cm³/mol. The third-order valence-corrected chi connectivity index (χ3v) is 17.0. The third-order valence-electron chi connectivity index (χ3n) is 17.0. The zero-order chi connectivity index (χ0) is 34.7. The van der Waals surface area contributed by atoms with E-state index in [0.717, 1.165) is 77.7 Å². The second kappa shape index (κ2) is 11.7. The second-order valence-corrected chi connectivity index (χ2v) is 19.5. The third kappa shape index (κ3) is 4.78. The fourth-order valence-electron chi connectivity index (χ4n) is 14.2. The predicted octanol–water partition coefficient (Wildman–Crippen LogP) is 6.47. The number of ether oxygens (including phenoxy) is 3. The number of hydrogen-bond acceptors (Lipinski definition) is 7. The minimum absolute atomic E-state index is 0.0143. The summed E-state index contributed by atoms with van der Waals surface area (Å²) in [6.45, 7) is 21.7. The van der Waals surface area contributed by atoms with E-state index in [9.17, 15) is 14.7 Å². The van der Waals surface area contributed by atoms with Crippen molar-refractivity contribution in [2.75, 3.05) is 39.3 Å². The van der Waals surface area contributed by atoms with Crippen LogP contribution in [-0.4, -0.2) is 96.9 Å². The van der Waals surface area contributed by atoms with E-state index in [4.69, 9.17) is 14.2 Å². The van der Waals surface area contributed by atoms with Gasteiger partial charge in [-0.05, 0) is 123 Å². The van der Waals surface area contributed by atoms with Crippen LogP contribution in [-0.2, 0) is 14.2 Å². The molecule has 0 radical (unpaired) electrons. The van der Waals surface area contributed by atoms with Gasteiger partial charge in [-0.15, -0.1) is 0 Å². The first-order valence-corrected chi connectivity index (χ1v) is 20.2. The van der Waals surface area contributed by atoms with E-state index in [2.05, 4.69) is 58.7 Å². The average molecular weight is 684 g/mol. The molecule has 0 aromatic rings. The van der Waals surface area contributed by atoms with E-state index in [0.29, 0.717) is 24.3 Å². The van der Waals surface area contributed by atoms with Crippen molar-refractivity contribution in [3.05, 3.63) is 0 Å².